The summed E-state index contributed by atoms with van der Waals surface area (Å²) in [6.07, 6.45) is 2.04. The Morgan fingerprint density at radius 1 is 1.58 bits per heavy atom. The van der Waals surface area contributed by atoms with Crippen LogP contribution in [0.3, 0.4) is 0 Å². The number of nitrogens with zero attached hydrogens (tertiary/aromatic N) is 1. The van der Waals surface area contributed by atoms with Gasteiger partial charge in [-0.3, -0.25) is 4.79 Å². The van der Waals surface area contributed by atoms with Crippen molar-refractivity contribution in [2.24, 2.45) is 0 Å². The van der Waals surface area contributed by atoms with Crippen molar-refractivity contribution in [1.82, 2.24) is 10.2 Å². The SMILES string of the molecule is COCC(=O)N1CCC(NC(C)c2ccsc2)CC1. The molecule has 1 unspecified atom stereocenters. The highest BCUT2D eigenvalue weighted by Gasteiger charge is 2.23. The molecule has 4 nitrogen and oxygen atoms in total. The van der Waals surface area contributed by atoms with E-state index in [-0.39, 0.29) is 12.5 Å². The van der Waals surface area contributed by atoms with Gasteiger partial charge < -0.3 is 15.0 Å². The number of methoxy groups -OCH3 is 1. The fourth-order valence-corrected chi connectivity index (χ4v) is 3.24. The first-order chi connectivity index (χ1) is 9.20. The Morgan fingerprint density at radius 3 is 2.89 bits per heavy atom. The van der Waals surface area contributed by atoms with Crippen molar-refractivity contribution in [2.45, 2.75) is 31.8 Å². The zero-order valence-electron chi connectivity index (χ0n) is 11.6. The number of hydrogen-bond acceptors (Lipinski definition) is 4. The molecule has 2 heterocycles. The molecule has 0 aromatic carbocycles. The minimum atomic E-state index is 0.104. The van der Waals surface area contributed by atoms with Crippen molar-refractivity contribution in [3.8, 4) is 0 Å². The standard InChI is InChI=1S/C14H22N2O2S/c1-11(12-5-8-19-10-12)15-13-3-6-16(7-4-13)14(17)9-18-2/h5,8,10-11,13,15H,3-4,6-7,9H2,1-2H3. The second kappa shape index (κ2) is 7.03. The fourth-order valence-electron chi connectivity index (χ4n) is 2.48. The first-order valence-electron chi connectivity index (χ1n) is 6.75. The highest BCUT2D eigenvalue weighted by molar-refractivity contribution is 7.07. The lowest BCUT2D eigenvalue weighted by molar-refractivity contribution is -0.136. The van der Waals surface area contributed by atoms with Gasteiger partial charge in [0.15, 0.2) is 0 Å². The molecule has 106 valence electrons. The number of likely N-dealkylation sites (tertiary alicyclic amines) is 1. The number of rotatable bonds is 5. The summed E-state index contributed by atoms with van der Waals surface area (Å²) >= 11 is 1.73. The molecule has 0 spiro atoms. The molecule has 1 aliphatic heterocycles. The van der Waals surface area contributed by atoms with Gasteiger partial charge in [0.2, 0.25) is 5.91 Å². The van der Waals surface area contributed by atoms with Gasteiger partial charge in [0.1, 0.15) is 6.61 Å². The Hall–Kier alpha value is -0.910. The second-order valence-corrected chi connectivity index (χ2v) is 5.81. The smallest absolute Gasteiger partial charge is 0.248 e. The average Bonchev–Trinajstić information content (AvgIpc) is 2.94. The van der Waals surface area contributed by atoms with Crippen LogP contribution in [0.1, 0.15) is 31.4 Å². The maximum absolute atomic E-state index is 11.7. The minimum absolute atomic E-state index is 0.104. The van der Waals surface area contributed by atoms with Crippen molar-refractivity contribution >= 4 is 17.2 Å². The van der Waals surface area contributed by atoms with E-state index in [4.69, 9.17) is 4.74 Å². The molecule has 1 amide bonds. The highest BCUT2D eigenvalue weighted by atomic mass is 32.1. The minimum Gasteiger partial charge on any atom is -0.375 e. The molecule has 1 fully saturated rings. The van der Waals surface area contributed by atoms with Gasteiger partial charge in [0, 0.05) is 32.3 Å². The lowest BCUT2D eigenvalue weighted by atomic mass is 10.0. The summed E-state index contributed by atoms with van der Waals surface area (Å²) in [6.45, 7) is 4.06. The summed E-state index contributed by atoms with van der Waals surface area (Å²) in [6, 6.07) is 3.05. The normalized spacial score (nSPS) is 18.5. The monoisotopic (exact) mass is 282 g/mol. The largest absolute Gasteiger partial charge is 0.375 e. The fraction of sp³-hybridized carbons (Fsp3) is 0.643. The molecular formula is C14H22N2O2S. The molecule has 1 aromatic rings. The Kier molecular flexibility index (Phi) is 5.36. The van der Waals surface area contributed by atoms with Gasteiger partial charge in [-0.1, -0.05) is 0 Å². The van der Waals surface area contributed by atoms with Crippen LogP contribution >= 0.6 is 11.3 Å². The Bertz CT molecular complexity index is 386. The van der Waals surface area contributed by atoms with Gasteiger partial charge in [-0.25, -0.2) is 0 Å². The molecule has 0 radical (unpaired) electrons. The number of amides is 1. The molecule has 5 heteroatoms. The Balaban J connectivity index is 1.76. The molecule has 0 saturated carbocycles. The van der Waals surface area contributed by atoms with Crippen LogP contribution in [-0.4, -0.2) is 43.7 Å². The molecular weight excluding hydrogens is 260 g/mol. The summed E-state index contributed by atoms with van der Waals surface area (Å²) in [5, 5.41) is 7.95. The van der Waals surface area contributed by atoms with Crippen LogP contribution in [0.4, 0.5) is 0 Å². The third-order valence-corrected chi connectivity index (χ3v) is 4.35. The summed E-state index contributed by atoms with van der Waals surface area (Å²) in [4.78, 5) is 13.6. The van der Waals surface area contributed by atoms with Crippen LogP contribution < -0.4 is 5.32 Å². The van der Waals surface area contributed by atoms with Gasteiger partial charge in [-0.05, 0) is 42.2 Å². The van der Waals surface area contributed by atoms with E-state index in [0.29, 0.717) is 12.1 Å². The maximum atomic E-state index is 11.7. The number of ether oxygens (including phenoxy) is 1. The molecule has 1 saturated heterocycles. The van der Waals surface area contributed by atoms with E-state index in [1.807, 2.05) is 4.90 Å². The van der Waals surface area contributed by atoms with E-state index in [1.54, 1.807) is 18.4 Å². The first-order valence-corrected chi connectivity index (χ1v) is 7.70. The summed E-state index contributed by atoms with van der Waals surface area (Å²) in [7, 11) is 1.56. The van der Waals surface area contributed by atoms with E-state index >= 15 is 0 Å². The Morgan fingerprint density at radius 2 is 2.32 bits per heavy atom. The van der Waals surface area contributed by atoms with Gasteiger partial charge in [0.25, 0.3) is 0 Å². The van der Waals surface area contributed by atoms with Gasteiger partial charge in [-0.15, -0.1) is 0 Å². The summed E-state index contributed by atoms with van der Waals surface area (Å²) < 4.78 is 4.89. The molecule has 0 aliphatic carbocycles. The zero-order chi connectivity index (χ0) is 13.7. The van der Waals surface area contributed by atoms with Gasteiger partial charge in [-0.2, -0.15) is 11.3 Å². The van der Waals surface area contributed by atoms with E-state index < -0.39 is 0 Å². The number of hydrogen-bond donors (Lipinski definition) is 1. The Labute approximate surface area is 118 Å². The third kappa shape index (κ3) is 4.03. The maximum Gasteiger partial charge on any atom is 0.248 e. The van der Waals surface area contributed by atoms with Crippen molar-refractivity contribution in [3.63, 3.8) is 0 Å². The van der Waals surface area contributed by atoms with E-state index in [0.717, 1.165) is 25.9 Å². The number of carbonyl (C=O) groups excluding carboxylic acids is 1. The zero-order valence-corrected chi connectivity index (χ0v) is 12.4. The van der Waals surface area contributed by atoms with E-state index in [1.165, 1.54) is 5.56 Å². The highest BCUT2D eigenvalue weighted by Crippen LogP contribution is 2.19. The molecule has 2 rings (SSSR count). The van der Waals surface area contributed by atoms with Crippen molar-refractivity contribution in [2.75, 3.05) is 26.8 Å². The first kappa shape index (κ1) is 14.5. The van der Waals surface area contributed by atoms with Gasteiger partial charge >= 0.3 is 0 Å². The second-order valence-electron chi connectivity index (χ2n) is 5.03. The van der Waals surface area contributed by atoms with Crippen molar-refractivity contribution in [1.29, 1.82) is 0 Å². The summed E-state index contributed by atoms with van der Waals surface area (Å²) in [5.41, 5.74) is 1.35. The molecule has 1 aliphatic rings. The quantitative estimate of drug-likeness (QED) is 0.898. The topological polar surface area (TPSA) is 41.6 Å². The van der Waals surface area contributed by atoms with E-state index in [9.17, 15) is 4.79 Å². The van der Waals surface area contributed by atoms with Crippen molar-refractivity contribution in [3.05, 3.63) is 22.4 Å². The molecule has 1 aromatic heterocycles. The van der Waals surface area contributed by atoms with Crippen LogP contribution in [0.15, 0.2) is 16.8 Å². The molecule has 19 heavy (non-hydrogen) atoms. The number of carbonyl (C=O) groups is 1. The summed E-state index contributed by atoms with van der Waals surface area (Å²) in [5.74, 6) is 0.104. The predicted octanol–water partition coefficient (Wildman–Crippen LogP) is 2.04. The molecule has 0 bridgehead atoms. The predicted molar refractivity (Wildman–Crippen MR) is 77.3 cm³/mol. The van der Waals surface area contributed by atoms with Crippen molar-refractivity contribution < 1.29 is 9.53 Å². The number of piperidine rings is 1. The lowest BCUT2D eigenvalue weighted by Crippen LogP contribution is -2.46. The van der Waals surface area contributed by atoms with Crippen LogP contribution in [0.2, 0.25) is 0 Å². The van der Waals surface area contributed by atoms with Crippen LogP contribution in [-0.2, 0) is 9.53 Å². The molecule has 1 N–H and O–H groups in total. The van der Waals surface area contributed by atoms with Crippen LogP contribution in [0.25, 0.3) is 0 Å². The van der Waals surface area contributed by atoms with Gasteiger partial charge in [0.05, 0.1) is 0 Å². The third-order valence-electron chi connectivity index (χ3n) is 3.64. The van der Waals surface area contributed by atoms with Crippen LogP contribution in [0, 0.1) is 0 Å². The van der Waals surface area contributed by atoms with Crippen LogP contribution in [0.5, 0.6) is 0 Å². The number of nitrogens with one attached hydrogen (secondary N) is 1. The molecule has 1 atom stereocenters. The number of thiophene rings is 1. The lowest BCUT2D eigenvalue weighted by Gasteiger charge is -2.33. The van der Waals surface area contributed by atoms with E-state index in [2.05, 4.69) is 29.1 Å². The average molecular weight is 282 g/mol.